The number of hydrogen-bond acceptors (Lipinski definition) is 4. The second kappa shape index (κ2) is 8.05. The Morgan fingerprint density at radius 2 is 2.09 bits per heavy atom. The monoisotopic (exact) mass is 356 g/mol. The molecule has 0 unspecified atom stereocenters. The number of nitrogens with one attached hydrogen (secondary N) is 2. The molecule has 3 N–H and O–H groups in total. The minimum atomic E-state index is -0.891. The topological polar surface area (TPSA) is 78.4 Å². The van der Waals surface area contributed by atoms with Gasteiger partial charge < -0.3 is 15.7 Å². The third-order valence-corrected chi connectivity index (χ3v) is 4.01. The van der Waals surface area contributed by atoms with E-state index in [4.69, 9.17) is 11.6 Å². The van der Waals surface area contributed by atoms with Crippen LogP contribution in [-0.4, -0.2) is 23.5 Å². The van der Waals surface area contributed by atoms with E-state index in [0.29, 0.717) is 0 Å². The van der Waals surface area contributed by atoms with E-state index in [1.807, 2.05) is 10.8 Å². The number of thiophene rings is 1. The Labute approximate surface area is 141 Å². The molecule has 1 atom stereocenters. The van der Waals surface area contributed by atoms with E-state index in [9.17, 15) is 19.1 Å². The van der Waals surface area contributed by atoms with Gasteiger partial charge in [0, 0.05) is 12.2 Å². The van der Waals surface area contributed by atoms with Crippen LogP contribution in [0, 0.1) is 5.82 Å². The fourth-order valence-electron chi connectivity index (χ4n) is 1.80. The number of aliphatic hydroxyl groups is 1. The average molecular weight is 357 g/mol. The van der Waals surface area contributed by atoms with Gasteiger partial charge in [-0.1, -0.05) is 11.6 Å². The fraction of sp³-hybridized carbons (Fsp3) is 0.200. The first-order valence-electron chi connectivity index (χ1n) is 6.72. The number of rotatable bonds is 5. The number of carbonyl (C=O) groups excluding carboxylic acids is 2. The van der Waals surface area contributed by atoms with E-state index in [1.165, 1.54) is 23.5 Å². The predicted molar refractivity (Wildman–Crippen MR) is 86.9 cm³/mol. The molecular formula is C15H14ClFN2O3S. The van der Waals surface area contributed by atoms with Crippen molar-refractivity contribution in [3.63, 3.8) is 0 Å². The van der Waals surface area contributed by atoms with Crippen LogP contribution in [0.25, 0.3) is 0 Å². The van der Waals surface area contributed by atoms with Crippen molar-refractivity contribution in [1.82, 2.24) is 5.32 Å². The lowest BCUT2D eigenvalue weighted by Crippen LogP contribution is -2.36. The van der Waals surface area contributed by atoms with Crippen molar-refractivity contribution in [3.05, 3.63) is 51.4 Å². The van der Waals surface area contributed by atoms with Crippen LogP contribution in [0.1, 0.15) is 18.1 Å². The van der Waals surface area contributed by atoms with E-state index < -0.39 is 23.7 Å². The molecule has 8 heteroatoms. The van der Waals surface area contributed by atoms with Gasteiger partial charge in [0.2, 0.25) is 0 Å². The normalized spacial score (nSPS) is 11.8. The summed E-state index contributed by atoms with van der Waals surface area (Å²) >= 11 is 7.06. The minimum Gasteiger partial charge on any atom is -0.388 e. The van der Waals surface area contributed by atoms with Gasteiger partial charge in [0.25, 0.3) is 0 Å². The van der Waals surface area contributed by atoms with Crippen LogP contribution >= 0.6 is 22.9 Å². The zero-order chi connectivity index (χ0) is 16.8. The molecule has 0 saturated carbocycles. The third kappa shape index (κ3) is 5.02. The van der Waals surface area contributed by atoms with E-state index in [2.05, 4.69) is 10.6 Å². The van der Waals surface area contributed by atoms with Gasteiger partial charge in [0.1, 0.15) is 5.82 Å². The van der Waals surface area contributed by atoms with Gasteiger partial charge in [-0.3, -0.25) is 9.59 Å². The van der Waals surface area contributed by atoms with Crippen LogP contribution in [-0.2, 0) is 9.59 Å². The van der Waals surface area contributed by atoms with Crippen LogP contribution in [0.15, 0.2) is 35.0 Å². The molecule has 0 aliphatic heterocycles. The summed E-state index contributed by atoms with van der Waals surface area (Å²) in [4.78, 5) is 23.3. The van der Waals surface area contributed by atoms with Crippen molar-refractivity contribution < 1.29 is 19.1 Å². The molecule has 1 aromatic heterocycles. The van der Waals surface area contributed by atoms with Crippen molar-refractivity contribution in [1.29, 1.82) is 0 Å². The highest BCUT2D eigenvalue weighted by molar-refractivity contribution is 7.07. The zero-order valence-electron chi connectivity index (χ0n) is 11.9. The fourth-order valence-corrected chi connectivity index (χ4v) is 2.68. The van der Waals surface area contributed by atoms with Gasteiger partial charge >= 0.3 is 11.8 Å². The van der Waals surface area contributed by atoms with Crippen LogP contribution < -0.4 is 10.6 Å². The molecule has 0 aliphatic carbocycles. The molecule has 1 heterocycles. The Kier molecular flexibility index (Phi) is 6.09. The van der Waals surface area contributed by atoms with Gasteiger partial charge in [-0.2, -0.15) is 11.3 Å². The number of amides is 2. The van der Waals surface area contributed by atoms with E-state index in [1.54, 1.807) is 6.07 Å². The van der Waals surface area contributed by atoms with E-state index >= 15 is 0 Å². The Morgan fingerprint density at radius 1 is 1.30 bits per heavy atom. The third-order valence-electron chi connectivity index (χ3n) is 3.01. The van der Waals surface area contributed by atoms with E-state index in [0.717, 1.165) is 11.6 Å². The minimum absolute atomic E-state index is 0.146. The lowest BCUT2D eigenvalue weighted by Gasteiger charge is -2.10. The summed E-state index contributed by atoms with van der Waals surface area (Å²) in [6.45, 7) is 0.146. The standard InChI is InChI=1S/C15H14ClFN2O3S/c16-11-7-10(1-2-12(11)17)19-15(22)14(21)18-5-3-13(20)9-4-6-23-8-9/h1-2,4,6-8,13,20H,3,5H2,(H,18,21)(H,19,22)/t13-/m0/s1. The van der Waals surface area contributed by atoms with Crippen molar-refractivity contribution >= 4 is 40.4 Å². The largest absolute Gasteiger partial charge is 0.388 e. The first-order valence-corrected chi connectivity index (χ1v) is 8.04. The zero-order valence-corrected chi connectivity index (χ0v) is 13.5. The highest BCUT2D eigenvalue weighted by Crippen LogP contribution is 2.19. The summed E-state index contributed by atoms with van der Waals surface area (Å²) in [6.07, 6.45) is -0.404. The maximum atomic E-state index is 13.0. The van der Waals surface area contributed by atoms with Crippen LogP contribution in [0.3, 0.4) is 0 Å². The molecule has 2 aromatic rings. The second-order valence-electron chi connectivity index (χ2n) is 4.70. The summed E-state index contributed by atoms with van der Waals surface area (Å²) < 4.78 is 13.0. The highest BCUT2D eigenvalue weighted by atomic mass is 35.5. The van der Waals surface area contributed by atoms with Crippen molar-refractivity contribution in [2.24, 2.45) is 0 Å². The Morgan fingerprint density at radius 3 is 2.74 bits per heavy atom. The first kappa shape index (κ1) is 17.4. The molecule has 5 nitrogen and oxygen atoms in total. The smallest absolute Gasteiger partial charge is 0.313 e. The van der Waals surface area contributed by atoms with Crippen LogP contribution in [0.4, 0.5) is 10.1 Å². The summed E-state index contributed by atoms with van der Waals surface area (Å²) in [5.41, 5.74) is 0.990. The summed E-state index contributed by atoms with van der Waals surface area (Å²) in [5, 5.41) is 18.1. The molecule has 0 bridgehead atoms. The Balaban J connectivity index is 1.78. The van der Waals surface area contributed by atoms with Gasteiger partial charge in [-0.15, -0.1) is 0 Å². The summed E-state index contributed by atoms with van der Waals surface area (Å²) in [7, 11) is 0. The molecular weight excluding hydrogens is 343 g/mol. The molecule has 2 rings (SSSR count). The number of benzene rings is 1. The molecule has 0 fully saturated rings. The first-order chi connectivity index (χ1) is 11.0. The number of halogens is 2. The molecule has 0 spiro atoms. The molecule has 0 aliphatic rings. The second-order valence-corrected chi connectivity index (χ2v) is 5.89. The number of aliphatic hydroxyl groups excluding tert-OH is 1. The molecule has 1 aromatic carbocycles. The SMILES string of the molecule is O=C(NCC[C@H](O)c1ccsc1)C(=O)Nc1ccc(F)c(Cl)c1. The highest BCUT2D eigenvalue weighted by Gasteiger charge is 2.15. The molecule has 0 radical (unpaired) electrons. The predicted octanol–water partition coefficient (Wildman–Crippen LogP) is 2.72. The van der Waals surface area contributed by atoms with Crippen molar-refractivity contribution in [2.45, 2.75) is 12.5 Å². The van der Waals surface area contributed by atoms with Crippen molar-refractivity contribution in [2.75, 3.05) is 11.9 Å². The quantitative estimate of drug-likeness (QED) is 0.721. The van der Waals surface area contributed by atoms with Gasteiger partial charge in [0.15, 0.2) is 0 Å². The number of anilines is 1. The van der Waals surface area contributed by atoms with Gasteiger partial charge in [-0.05, 0) is 47.0 Å². The molecule has 0 saturated heterocycles. The summed E-state index contributed by atoms with van der Waals surface area (Å²) in [6, 6.07) is 5.39. The Hall–Kier alpha value is -1.96. The lowest BCUT2D eigenvalue weighted by molar-refractivity contribution is -0.136. The van der Waals surface area contributed by atoms with Gasteiger partial charge in [-0.25, -0.2) is 4.39 Å². The van der Waals surface area contributed by atoms with E-state index in [-0.39, 0.29) is 23.7 Å². The average Bonchev–Trinajstić information content (AvgIpc) is 3.05. The van der Waals surface area contributed by atoms with Crippen LogP contribution in [0.2, 0.25) is 5.02 Å². The maximum absolute atomic E-state index is 13.0. The number of hydrogen-bond donors (Lipinski definition) is 3. The van der Waals surface area contributed by atoms with Crippen molar-refractivity contribution in [3.8, 4) is 0 Å². The Bertz CT molecular complexity index is 694. The van der Waals surface area contributed by atoms with Gasteiger partial charge in [0.05, 0.1) is 11.1 Å². The lowest BCUT2D eigenvalue weighted by atomic mass is 10.1. The van der Waals surface area contributed by atoms with Crippen LogP contribution in [0.5, 0.6) is 0 Å². The molecule has 23 heavy (non-hydrogen) atoms. The molecule has 122 valence electrons. The maximum Gasteiger partial charge on any atom is 0.313 e. The number of carbonyl (C=O) groups is 2. The molecule has 2 amide bonds. The summed E-state index contributed by atoms with van der Waals surface area (Å²) in [5.74, 6) is -2.35.